The SMILES string of the molecule is CC1(C)CSCC(C)(C)C(=NO)C1=O. The van der Waals surface area contributed by atoms with Gasteiger partial charge < -0.3 is 5.21 Å². The van der Waals surface area contributed by atoms with Gasteiger partial charge >= 0.3 is 0 Å². The summed E-state index contributed by atoms with van der Waals surface area (Å²) >= 11 is 1.74. The van der Waals surface area contributed by atoms with Gasteiger partial charge in [-0.05, 0) is 0 Å². The average Bonchev–Trinajstić information content (AvgIpc) is 2.09. The maximum absolute atomic E-state index is 12.0. The first-order chi connectivity index (χ1) is 6.31. The van der Waals surface area contributed by atoms with Crippen LogP contribution in [-0.2, 0) is 4.79 Å². The molecule has 1 heterocycles. The predicted molar refractivity (Wildman–Crippen MR) is 59.1 cm³/mol. The summed E-state index contributed by atoms with van der Waals surface area (Å²) in [6.07, 6.45) is 0. The molecule has 1 saturated heterocycles. The van der Waals surface area contributed by atoms with Crippen molar-refractivity contribution in [1.29, 1.82) is 0 Å². The number of rotatable bonds is 0. The number of carbonyl (C=O) groups excluding carboxylic acids is 1. The van der Waals surface area contributed by atoms with E-state index in [4.69, 9.17) is 5.21 Å². The second-order valence-corrected chi connectivity index (χ2v) is 6.02. The Hall–Kier alpha value is -0.510. The zero-order valence-corrected chi connectivity index (χ0v) is 9.94. The highest BCUT2D eigenvalue weighted by Gasteiger charge is 2.42. The standard InChI is InChI=1S/C10H17NO2S/c1-9(2)5-14-6-10(3,4)8(12)7(9)11-13/h13H,5-6H2,1-4H3. The van der Waals surface area contributed by atoms with Crippen LogP contribution in [0.25, 0.3) is 0 Å². The molecule has 0 unspecified atom stereocenters. The minimum atomic E-state index is -0.417. The maximum Gasteiger partial charge on any atom is 0.187 e. The number of carbonyl (C=O) groups is 1. The molecule has 0 spiro atoms. The minimum absolute atomic E-state index is 0.0324. The summed E-state index contributed by atoms with van der Waals surface area (Å²) in [4.78, 5) is 12.0. The summed E-state index contributed by atoms with van der Waals surface area (Å²) in [7, 11) is 0. The van der Waals surface area contributed by atoms with E-state index < -0.39 is 5.41 Å². The quantitative estimate of drug-likeness (QED) is 0.498. The first kappa shape index (κ1) is 11.6. The molecule has 1 aliphatic rings. The molecule has 1 N–H and O–H groups in total. The van der Waals surface area contributed by atoms with Crippen molar-refractivity contribution in [1.82, 2.24) is 0 Å². The van der Waals surface area contributed by atoms with Gasteiger partial charge in [0.2, 0.25) is 0 Å². The third-order valence-electron chi connectivity index (χ3n) is 2.50. The van der Waals surface area contributed by atoms with Crippen molar-refractivity contribution >= 4 is 23.3 Å². The number of hydrogen-bond acceptors (Lipinski definition) is 4. The Balaban J connectivity index is 3.12. The minimum Gasteiger partial charge on any atom is -0.411 e. The maximum atomic E-state index is 12.0. The number of thioether (sulfide) groups is 1. The lowest BCUT2D eigenvalue weighted by molar-refractivity contribution is -0.119. The summed E-state index contributed by atoms with van der Waals surface area (Å²) in [5.41, 5.74) is -0.433. The van der Waals surface area contributed by atoms with Gasteiger partial charge in [-0.3, -0.25) is 4.79 Å². The van der Waals surface area contributed by atoms with Gasteiger partial charge in [0.15, 0.2) is 5.78 Å². The van der Waals surface area contributed by atoms with Crippen LogP contribution < -0.4 is 0 Å². The molecule has 0 bridgehead atoms. The Morgan fingerprint density at radius 2 is 1.71 bits per heavy atom. The number of Topliss-reactive ketones (excluding diaryl/α,β-unsaturated/α-hetero) is 1. The lowest BCUT2D eigenvalue weighted by atomic mass is 9.78. The smallest absolute Gasteiger partial charge is 0.187 e. The molecule has 0 aromatic rings. The average molecular weight is 215 g/mol. The van der Waals surface area contributed by atoms with Crippen LogP contribution in [0.5, 0.6) is 0 Å². The summed E-state index contributed by atoms with van der Waals surface area (Å²) < 4.78 is 0. The summed E-state index contributed by atoms with van der Waals surface area (Å²) in [5, 5.41) is 12.1. The van der Waals surface area contributed by atoms with Gasteiger partial charge in [0, 0.05) is 22.3 Å². The van der Waals surface area contributed by atoms with E-state index in [1.165, 1.54) is 0 Å². The van der Waals surface area contributed by atoms with E-state index in [2.05, 4.69) is 5.16 Å². The molecule has 0 aromatic carbocycles. The van der Waals surface area contributed by atoms with Gasteiger partial charge in [0.25, 0.3) is 0 Å². The molecule has 80 valence electrons. The van der Waals surface area contributed by atoms with Crippen LogP contribution in [0, 0.1) is 10.8 Å². The molecule has 14 heavy (non-hydrogen) atoms. The lowest BCUT2D eigenvalue weighted by Crippen LogP contribution is -2.39. The molecule has 0 aromatic heterocycles. The number of nitrogens with zero attached hydrogens (tertiary/aromatic N) is 1. The van der Waals surface area contributed by atoms with E-state index in [-0.39, 0.29) is 11.2 Å². The van der Waals surface area contributed by atoms with Crippen LogP contribution in [0.2, 0.25) is 0 Å². The predicted octanol–water partition coefficient (Wildman–Crippen LogP) is 2.18. The highest BCUT2D eigenvalue weighted by Crippen LogP contribution is 2.36. The molecule has 4 heteroatoms. The molecule has 0 amide bonds. The van der Waals surface area contributed by atoms with Gasteiger partial charge in [0.05, 0.1) is 0 Å². The van der Waals surface area contributed by atoms with Gasteiger partial charge in [-0.25, -0.2) is 0 Å². The third-order valence-corrected chi connectivity index (χ3v) is 4.35. The molecular formula is C10H17NO2S. The molecular weight excluding hydrogens is 198 g/mol. The van der Waals surface area contributed by atoms with Crippen LogP contribution in [0.1, 0.15) is 27.7 Å². The largest absolute Gasteiger partial charge is 0.411 e. The molecule has 1 fully saturated rings. The van der Waals surface area contributed by atoms with Crippen molar-refractivity contribution in [3.05, 3.63) is 0 Å². The summed E-state index contributed by atoms with van der Waals surface area (Å²) in [6, 6.07) is 0. The number of ketones is 1. The van der Waals surface area contributed by atoms with E-state index in [1.54, 1.807) is 11.8 Å². The lowest BCUT2D eigenvalue weighted by Gasteiger charge is -2.23. The molecule has 1 aliphatic heterocycles. The van der Waals surface area contributed by atoms with Crippen LogP contribution in [-0.4, -0.2) is 28.2 Å². The zero-order valence-electron chi connectivity index (χ0n) is 9.13. The molecule has 0 aliphatic carbocycles. The number of hydrogen-bond donors (Lipinski definition) is 1. The first-order valence-corrected chi connectivity index (χ1v) is 5.82. The molecule has 1 rings (SSSR count). The van der Waals surface area contributed by atoms with Crippen molar-refractivity contribution in [2.75, 3.05) is 11.5 Å². The molecule has 0 radical (unpaired) electrons. The Bertz CT molecular complexity index is 282. The highest BCUT2D eigenvalue weighted by molar-refractivity contribution is 7.99. The Morgan fingerprint density at radius 3 is 2.21 bits per heavy atom. The van der Waals surface area contributed by atoms with Gasteiger partial charge in [-0.15, -0.1) is 0 Å². The van der Waals surface area contributed by atoms with Crippen molar-refractivity contribution in [2.45, 2.75) is 27.7 Å². The van der Waals surface area contributed by atoms with Gasteiger partial charge in [0.1, 0.15) is 5.71 Å². The van der Waals surface area contributed by atoms with Gasteiger partial charge in [-0.2, -0.15) is 11.8 Å². The topological polar surface area (TPSA) is 49.7 Å². The third kappa shape index (κ3) is 1.95. The molecule has 3 nitrogen and oxygen atoms in total. The molecule has 0 atom stereocenters. The number of oxime groups is 1. The van der Waals surface area contributed by atoms with Gasteiger partial charge in [-0.1, -0.05) is 32.9 Å². The normalized spacial score (nSPS) is 28.9. The van der Waals surface area contributed by atoms with Crippen molar-refractivity contribution in [2.24, 2.45) is 16.0 Å². The molecule has 0 saturated carbocycles. The van der Waals surface area contributed by atoms with E-state index in [9.17, 15) is 4.79 Å². The second kappa shape index (κ2) is 3.57. The summed E-state index contributed by atoms with van der Waals surface area (Å²) in [6.45, 7) is 7.67. The Labute approximate surface area is 88.9 Å². The van der Waals surface area contributed by atoms with E-state index in [1.807, 2.05) is 27.7 Å². The fourth-order valence-corrected chi connectivity index (χ4v) is 2.89. The van der Waals surface area contributed by atoms with Crippen LogP contribution >= 0.6 is 11.8 Å². The zero-order chi connectivity index (χ0) is 11.0. The second-order valence-electron chi connectivity index (χ2n) is 5.04. The van der Waals surface area contributed by atoms with Crippen LogP contribution in [0.3, 0.4) is 0 Å². The van der Waals surface area contributed by atoms with E-state index in [0.29, 0.717) is 5.71 Å². The highest BCUT2D eigenvalue weighted by atomic mass is 32.2. The fraction of sp³-hybridized carbons (Fsp3) is 0.800. The van der Waals surface area contributed by atoms with Crippen molar-refractivity contribution in [3.63, 3.8) is 0 Å². The van der Waals surface area contributed by atoms with Crippen molar-refractivity contribution in [3.8, 4) is 0 Å². The van der Waals surface area contributed by atoms with Crippen LogP contribution in [0.15, 0.2) is 5.16 Å². The fourth-order valence-electron chi connectivity index (χ4n) is 1.50. The van der Waals surface area contributed by atoms with Crippen LogP contribution in [0.4, 0.5) is 0 Å². The van der Waals surface area contributed by atoms with E-state index in [0.717, 1.165) is 11.5 Å². The summed E-state index contributed by atoms with van der Waals surface area (Å²) in [5.74, 6) is 1.57. The Kier molecular flexibility index (Phi) is 2.95. The monoisotopic (exact) mass is 215 g/mol. The Morgan fingerprint density at radius 1 is 1.21 bits per heavy atom. The first-order valence-electron chi connectivity index (χ1n) is 4.66. The van der Waals surface area contributed by atoms with Crippen molar-refractivity contribution < 1.29 is 10.0 Å². The van der Waals surface area contributed by atoms with E-state index >= 15 is 0 Å².